The Kier molecular flexibility index (Phi) is 4.17. The zero-order chi connectivity index (χ0) is 16.5. The van der Waals surface area contributed by atoms with Crippen LogP contribution in [0, 0.1) is 5.92 Å². The molecular formula is C21H26N2O. The van der Waals surface area contributed by atoms with E-state index in [0.717, 1.165) is 44.9 Å². The normalized spacial score (nSPS) is 23.2. The summed E-state index contributed by atoms with van der Waals surface area (Å²) in [6, 6.07) is 6.87. The van der Waals surface area contributed by atoms with Crippen molar-refractivity contribution in [3.8, 4) is 0 Å². The van der Waals surface area contributed by atoms with Gasteiger partial charge in [0.25, 0.3) is 0 Å². The first-order valence-corrected chi connectivity index (χ1v) is 9.33. The van der Waals surface area contributed by atoms with E-state index in [1.165, 1.54) is 27.7 Å². The molecule has 0 radical (unpaired) electrons. The summed E-state index contributed by atoms with van der Waals surface area (Å²) in [4.78, 5) is 16.2. The molecule has 0 fully saturated rings. The van der Waals surface area contributed by atoms with Crippen molar-refractivity contribution < 1.29 is 4.79 Å². The summed E-state index contributed by atoms with van der Waals surface area (Å²) >= 11 is 0. The van der Waals surface area contributed by atoms with Gasteiger partial charge >= 0.3 is 0 Å². The summed E-state index contributed by atoms with van der Waals surface area (Å²) in [5, 5.41) is 4.68. The third kappa shape index (κ3) is 2.77. The van der Waals surface area contributed by atoms with Crippen LogP contribution in [0.3, 0.4) is 0 Å². The zero-order valence-electron chi connectivity index (χ0n) is 14.4. The SMILES string of the molecule is CCc1cccc2c3c([nH]c12)CC[C@H](NC(=O)[C@H]1CC=CCC1)C3. The molecule has 126 valence electrons. The van der Waals surface area contributed by atoms with E-state index >= 15 is 0 Å². The Morgan fingerprint density at radius 2 is 2.21 bits per heavy atom. The van der Waals surface area contributed by atoms with E-state index in [4.69, 9.17) is 0 Å². The lowest BCUT2D eigenvalue weighted by Gasteiger charge is -2.26. The first kappa shape index (κ1) is 15.5. The van der Waals surface area contributed by atoms with Crippen molar-refractivity contribution >= 4 is 16.8 Å². The van der Waals surface area contributed by atoms with Gasteiger partial charge in [-0.1, -0.05) is 37.3 Å². The summed E-state index contributed by atoms with van der Waals surface area (Å²) in [5.74, 6) is 0.424. The highest BCUT2D eigenvalue weighted by Crippen LogP contribution is 2.31. The minimum atomic E-state index is 0.172. The van der Waals surface area contributed by atoms with Gasteiger partial charge in [0.2, 0.25) is 5.91 Å². The van der Waals surface area contributed by atoms with Crippen LogP contribution in [0.1, 0.15) is 49.4 Å². The lowest BCUT2D eigenvalue weighted by molar-refractivity contribution is -0.126. The first-order valence-electron chi connectivity index (χ1n) is 9.33. The van der Waals surface area contributed by atoms with Crippen molar-refractivity contribution in [2.45, 2.75) is 57.9 Å². The van der Waals surface area contributed by atoms with Crippen LogP contribution in [0.2, 0.25) is 0 Å². The fourth-order valence-electron chi connectivity index (χ4n) is 4.27. The van der Waals surface area contributed by atoms with E-state index in [-0.39, 0.29) is 17.9 Å². The molecule has 3 heteroatoms. The minimum Gasteiger partial charge on any atom is -0.358 e. The number of carbonyl (C=O) groups is 1. The molecule has 1 aromatic heterocycles. The second-order valence-electron chi connectivity index (χ2n) is 7.21. The van der Waals surface area contributed by atoms with Gasteiger partial charge in [-0.2, -0.15) is 0 Å². The molecule has 3 nitrogen and oxygen atoms in total. The van der Waals surface area contributed by atoms with Crippen LogP contribution in [-0.4, -0.2) is 16.9 Å². The molecule has 2 aliphatic carbocycles. The summed E-state index contributed by atoms with van der Waals surface area (Å²) in [6.45, 7) is 2.20. The Bertz CT molecular complexity index is 786. The molecular weight excluding hydrogens is 296 g/mol. The number of para-hydroxylation sites is 1. The van der Waals surface area contributed by atoms with Crippen molar-refractivity contribution in [2.24, 2.45) is 5.92 Å². The van der Waals surface area contributed by atoms with Crippen LogP contribution in [0.15, 0.2) is 30.4 Å². The number of carbonyl (C=O) groups excluding carboxylic acids is 1. The van der Waals surface area contributed by atoms with Gasteiger partial charge in [-0.3, -0.25) is 4.79 Å². The maximum atomic E-state index is 12.5. The highest BCUT2D eigenvalue weighted by Gasteiger charge is 2.26. The number of rotatable bonds is 3. The fraction of sp³-hybridized carbons (Fsp3) is 0.476. The van der Waals surface area contributed by atoms with E-state index in [2.05, 4.69) is 47.6 Å². The highest BCUT2D eigenvalue weighted by atomic mass is 16.1. The highest BCUT2D eigenvalue weighted by molar-refractivity contribution is 5.88. The maximum Gasteiger partial charge on any atom is 0.223 e. The number of H-pyrrole nitrogens is 1. The first-order chi connectivity index (χ1) is 11.8. The smallest absolute Gasteiger partial charge is 0.223 e. The number of allylic oxidation sites excluding steroid dienone is 2. The van der Waals surface area contributed by atoms with Crippen LogP contribution in [0.4, 0.5) is 0 Å². The molecule has 0 bridgehead atoms. The molecule has 0 unspecified atom stereocenters. The van der Waals surface area contributed by atoms with Crippen LogP contribution < -0.4 is 5.32 Å². The third-order valence-corrected chi connectivity index (χ3v) is 5.68. The molecule has 1 amide bonds. The summed E-state index contributed by atoms with van der Waals surface area (Å²) in [6.07, 6.45) is 11.3. The van der Waals surface area contributed by atoms with E-state index in [1.54, 1.807) is 0 Å². The van der Waals surface area contributed by atoms with Gasteiger partial charge in [0.15, 0.2) is 0 Å². The second-order valence-corrected chi connectivity index (χ2v) is 7.21. The summed E-state index contributed by atoms with van der Waals surface area (Å²) in [7, 11) is 0. The Morgan fingerprint density at radius 3 is 3.00 bits per heavy atom. The van der Waals surface area contributed by atoms with Crippen molar-refractivity contribution in [3.63, 3.8) is 0 Å². The van der Waals surface area contributed by atoms with Crippen molar-refractivity contribution in [1.82, 2.24) is 10.3 Å². The molecule has 2 atom stereocenters. The monoisotopic (exact) mass is 322 g/mol. The molecule has 0 saturated carbocycles. The minimum absolute atomic E-state index is 0.172. The Morgan fingerprint density at radius 1 is 1.29 bits per heavy atom. The molecule has 4 rings (SSSR count). The molecule has 1 aromatic carbocycles. The van der Waals surface area contributed by atoms with Crippen LogP contribution in [-0.2, 0) is 24.1 Å². The zero-order valence-corrected chi connectivity index (χ0v) is 14.4. The van der Waals surface area contributed by atoms with Gasteiger partial charge in [0, 0.05) is 28.6 Å². The Labute approximate surface area is 143 Å². The number of aromatic nitrogens is 1. The van der Waals surface area contributed by atoms with Crippen molar-refractivity contribution in [3.05, 3.63) is 47.2 Å². The molecule has 0 aliphatic heterocycles. The number of nitrogens with one attached hydrogen (secondary N) is 2. The van der Waals surface area contributed by atoms with Crippen LogP contribution in [0.25, 0.3) is 10.9 Å². The number of amides is 1. The van der Waals surface area contributed by atoms with Gasteiger partial charge in [-0.25, -0.2) is 0 Å². The van der Waals surface area contributed by atoms with E-state index in [9.17, 15) is 4.79 Å². The third-order valence-electron chi connectivity index (χ3n) is 5.68. The number of fused-ring (bicyclic) bond motifs is 3. The maximum absolute atomic E-state index is 12.5. The molecule has 0 spiro atoms. The van der Waals surface area contributed by atoms with Crippen LogP contribution in [0.5, 0.6) is 0 Å². The van der Waals surface area contributed by atoms with Gasteiger partial charge in [-0.05, 0) is 56.1 Å². The molecule has 2 aromatic rings. The molecule has 24 heavy (non-hydrogen) atoms. The largest absolute Gasteiger partial charge is 0.358 e. The summed E-state index contributed by atoms with van der Waals surface area (Å²) in [5.41, 5.74) is 5.48. The van der Waals surface area contributed by atoms with Gasteiger partial charge in [0.1, 0.15) is 0 Å². The summed E-state index contributed by atoms with van der Waals surface area (Å²) < 4.78 is 0. The predicted molar refractivity (Wildman–Crippen MR) is 98.1 cm³/mol. The lowest BCUT2D eigenvalue weighted by Crippen LogP contribution is -2.42. The lowest BCUT2D eigenvalue weighted by atomic mass is 9.89. The quantitative estimate of drug-likeness (QED) is 0.822. The standard InChI is InChI=1S/C21H26N2O/c1-2-14-9-6-10-17-18-13-16(11-12-19(18)23-20(14)17)22-21(24)15-7-4-3-5-8-15/h3-4,6,9-10,15-16,23H,2,5,7-8,11-13H2,1H3,(H,22,24)/t15-,16-/m0/s1. The molecule has 2 aliphatic rings. The number of aromatic amines is 1. The van der Waals surface area contributed by atoms with Gasteiger partial charge in [-0.15, -0.1) is 0 Å². The Hall–Kier alpha value is -2.03. The number of hydrogen-bond donors (Lipinski definition) is 2. The number of hydrogen-bond acceptors (Lipinski definition) is 1. The van der Waals surface area contributed by atoms with E-state index < -0.39 is 0 Å². The average Bonchev–Trinajstić information content (AvgIpc) is 3.00. The van der Waals surface area contributed by atoms with Gasteiger partial charge in [0.05, 0.1) is 0 Å². The molecule has 1 heterocycles. The number of aryl methyl sites for hydroxylation is 2. The van der Waals surface area contributed by atoms with Crippen molar-refractivity contribution in [2.75, 3.05) is 0 Å². The van der Waals surface area contributed by atoms with E-state index in [0.29, 0.717) is 0 Å². The van der Waals surface area contributed by atoms with E-state index in [1.807, 2.05) is 0 Å². The Balaban J connectivity index is 1.53. The molecule has 2 N–H and O–H groups in total. The second kappa shape index (κ2) is 6.46. The fourth-order valence-corrected chi connectivity index (χ4v) is 4.27. The number of benzene rings is 1. The van der Waals surface area contributed by atoms with Crippen molar-refractivity contribution in [1.29, 1.82) is 0 Å². The topological polar surface area (TPSA) is 44.9 Å². The predicted octanol–water partition coefficient (Wildman–Crippen LogP) is 4.06. The van der Waals surface area contributed by atoms with Crippen LogP contribution >= 0.6 is 0 Å². The average molecular weight is 322 g/mol. The molecule has 0 saturated heterocycles. The van der Waals surface area contributed by atoms with Gasteiger partial charge < -0.3 is 10.3 Å².